The maximum Gasteiger partial charge on any atom is 0.216 e. The molecule has 1 fully saturated rings. The van der Waals surface area contributed by atoms with Gasteiger partial charge in [0.2, 0.25) is 5.91 Å². The maximum atomic E-state index is 14.4. The van der Waals surface area contributed by atoms with Gasteiger partial charge >= 0.3 is 0 Å². The van der Waals surface area contributed by atoms with Crippen molar-refractivity contribution in [3.63, 3.8) is 0 Å². The van der Waals surface area contributed by atoms with Gasteiger partial charge in [0.25, 0.3) is 0 Å². The summed E-state index contributed by atoms with van der Waals surface area (Å²) >= 11 is 0. The number of rotatable bonds is 4. The van der Waals surface area contributed by atoms with Crippen molar-refractivity contribution < 1.29 is 18.8 Å². The van der Waals surface area contributed by atoms with Gasteiger partial charge in [0, 0.05) is 25.6 Å². The molecule has 0 bridgehead atoms. The van der Waals surface area contributed by atoms with Crippen LogP contribution in [0.5, 0.6) is 0 Å². The summed E-state index contributed by atoms with van der Waals surface area (Å²) in [6.07, 6.45) is 1.56. The Kier molecular flexibility index (Phi) is 4.78. The second-order valence-corrected chi connectivity index (χ2v) is 5.54. The first-order valence-electron chi connectivity index (χ1n) is 7.64. The Morgan fingerprint density at radius 2 is 2.22 bits per heavy atom. The number of morpholine rings is 1. The summed E-state index contributed by atoms with van der Waals surface area (Å²) in [5, 5.41) is 2.68. The zero-order chi connectivity index (χ0) is 16.2. The van der Waals surface area contributed by atoms with Crippen molar-refractivity contribution in [1.82, 2.24) is 10.8 Å². The lowest BCUT2D eigenvalue weighted by Crippen LogP contribution is -2.36. The van der Waals surface area contributed by atoms with E-state index in [2.05, 4.69) is 10.8 Å². The van der Waals surface area contributed by atoms with E-state index in [-0.39, 0.29) is 17.8 Å². The molecule has 1 atom stereocenters. The molecule has 0 aliphatic carbocycles. The first-order valence-corrected chi connectivity index (χ1v) is 7.64. The molecule has 7 heteroatoms. The Morgan fingerprint density at radius 3 is 2.91 bits per heavy atom. The third kappa shape index (κ3) is 3.80. The lowest BCUT2D eigenvalue weighted by Gasteiger charge is -2.29. The highest BCUT2D eigenvalue weighted by molar-refractivity contribution is 5.73. The van der Waals surface area contributed by atoms with Crippen LogP contribution in [0.1, 0.15) is 12.5 Å². The van der Waals surface area contributed by atoms with Gasteiger partial charge in [-0.25, -0.2) is 4.39 Å². The van der Waals surface area contributed by atoms with Gasteiger partial charge in [-0.2, -0.15) is 0 Å². The predicted molar refractivity (Wildman–Crippen MR) is 84.1 cm³/mol. The zero-order valence-electron chi connectivity index (χ0n) is 13.0. The highest BCUT2D eigenvalue weighted by atomic mass is 19.1. The van der Waals surface area contributed by atoms with Crippen molar-refractivity contribution in [3.8, 4) is 0 Å². The van der Waals surface area contributed by atoms with Crippen LogP contribution in [-0.2, 0) is 14.4 Å². The number of benzene rings is 1. The summed E-state index contributed by atoms with van der Waals surface area (Å²) in [6.45, 7) is 4.45. The van der Waals surface area contributed by atoms with E-state index in [0.717, 1.165) is 0 Å². The van der Waals surface area contributed by atoms with Crippen molar-refractivity contribution in [2.75, 3.05) is 37.7 Å². The molecular weight excluding hydrogens is 301 g/mol. The van der Waals surface area contributed by atoms with Crippen LogP contribution < -0.4 is 15.7 Å². The van der Waals surface area contributed by atoms with Gasteiger partial charge in [-0.05, 0) is 18.2 Å². The second kappa shape index (κ2) is 6.97. The topological polar surface area (TPSA) is 62.8 Å². The number of hydrogen-bond donors (Lipinski definition) is 2. The van der Waals surface area contributed by atoms with Crippen molar-refractivity contribution in [2.24, 2.45) is 0 Å². The van der Waals surface area contributed by atoms with Crippen LogP contribution in [0.15, 0.2) is 24.3 Å². The molecule has 1 unspecified atom stereocenters. The smallest absolute Gasteiger partial charge is 0.216 e. The minimum atomic E-state index is -0.268. The Bertz CT molecular complexity index is 615. The Hall–Kier alpha value is -2.12. The van der Waals surface area contributed by atoms with E-state index in [1.165, 1.54) is 13.0 Å². The van der Waals surface area contributed by atoms with Gasteiger partial charge in [0.05, 0.1) is 31.1 Å². The van der Waals surface area contributed by atoms with Gasteiger partial charge in [0.15, 0.2) is 0 Å². The first kappa shape index (κ1) is 15.8. The first-order chi connectivity index (χ1) is 11.1. The van der Waals surface area contributed by atoms with Crippen molar-refractivity contribution in [1.29, 1.82) is 0 Å². The standard InChI is InChI=1S/C16H20FN3O3/c1-11(21)18-10-13-9-15(19-23-13)12-2-3-16(14(17)8-12)20-4-6-22-7-5-20/h2-3,8-9,13,19H,4-7,10H2,1H3,(H,18,21). The molecule has 2 N–H and O–H groups in total. The zero-order valence-corrected chi connectivity index (χ0v) is 13.0. The number of amides is 1. The number of hydroxylamine groups is 1. The summed E-state index contributed by atoms with van der Waals surface area (Å²) in [6, 6.07) is 5.13. The molecule has 124 valence electrons. The predicted octanol–water partition coefficient (Wildman–Crippen LogP) is 1.04. The fourth-order valence-electron chi connectivity index (χ4n) is 2.63. The average molecular weight is 321 g/mol. The Morgan fingerprint density at radius 1 is 1.43 bits per heavy atom. The van der Waals surface area contributed by atoms with Crippen LogP contribution in [0.3, 0.4) is 0 Å². The van der Waals surface area contributed by atoms with E-state index in [4.69, 9.17) is 9.57 Å². The van der Waals surface area contributed by atoms with Crippen molar-refractivity contribution in [3.05, 3.63) is 35.7 Å². The van der Waals surface area contributed by atoms with Crippen LogP contribution in [0.2, 0.25) is 0 Å². The third-order valence-corrected chi connectivity index (χ3v) is 3.84. The molecule has 23 heavy (non-hydrogen) atoms. The van der Waals surface area contributed by atoms with Gasteiger partial charge in [0.1, 0.15) is 11.9 Å². The largest absolute Gasteiger partial charge is 0.378 e. The van der Waals surface area contributed by atoms with Crippen LogP contribution in [-0.4, -0.2) is 44.9 Å². The molecular formula is C16H20FN3O3. The van der Waals surface area contributed by atoms with E-state index in [0.29, 0.717) is 49.8 Å². The van der Waals surface area contributed by atoms with Crippen LogP contribution in [0.4, 0.5) is 10.1 Å². The fraction of sp³-hybridized carbons (Fsp3) is 0.438. The molecule has 1 amide bonds. The molecule has 3 rings (SSSR count). The normalized spacial score (nSPS) is 20.9. The molecule has 1 saturated heterocycles. The number of ether oxygens (including phenoxy) is 1. The van der Waals surface area contributed by atoms with Gasteiger partial charge in [-0.1, -0.05) is 6.07 Å². The molecule has 0 spiro atoms. The summed E-state index contributed by atoms with van der Waals surface area (Å²) in [4.78, 5) is 18.2. The number of halogens is 1. The van der Waals surface area contributed by atoms with Gasteiger partial charge in [-0.15, -0.1) is 0 Å². The lowest BCUT2D eigenvalue weighted by molar-refractivity contribution is -0.119. The molecule has 6 nitrogen and oxygen atoms in total. The van der Waals surface area contributed by atoms with Crippen LogP contribution in [0.25, 0.3) is 5.70 Å². The molecule has 0 aromatic heterocycles. The summed E-state index contributed by atoms with van der Waals surface area (Å²) in [7, 11) is 0. The molecule has 2 aliphatic rings. The van der Waals surface area contributed by atoms with E-state index in [9.17, 15) is 9.18 Å². The number of carbonyl (C=O) groups is 1. The number of anilines is 1. The maximum absolute atomic E-state index is 14.4. The molecule has 0 radical (unpaired) electrons. The van der Waals surface area contributed by atoms with Gasteiger partial charge in [-0.3, -0.25) is 15.1 Å². The second-order valence-electron chi connectivity index (χ2n) is 5.54. The summed E-state index contributed by atoms with van der Waals surface area (Å²) in [5.41, 5.74) is 4.79. The average Bonchev–Trinajstić information content (AvgIpc) is 3.02. The minimum Gasteiger partial charge on any atom is -0.378 e. The van der Waals surface area contributed by atoms with Crippen LogP contribution in [0, 0.1) is 5.82 Å². The number of nitrogens with one attached hydrogen (secondary N) is 2. The Balaban J connectivity index is 1.70. The SMILES string of the molecule is CC(=O)NCC1C=C(c2ccc(N3CCOCC3)c(F)c2)NO1. The molecule has 1 aromatic rings. The minimum absolute atomic E-state index is 0.114. The quantitative estimate of drug-likeness (QED) is 0.868. The highest BCUT2D eigenvalue weighted by Gasteiger charge is 2.20. The van der Waals surface area contributed by atoms with E-state index < -0.39 is 0 Å². The van der Waals surface area contributed by atoms with E-state index >= 15 is 0 Å². The monoisotopic (exact) mass is 321 g/mol. The van der Waals surface area contributed by atoms with E-state index in [1.807, 2.05) is 17.0 Å². The summed E-state index contributed by atoms with van der Waals surface area (Å²) < 4.78 is 19.7. The Labute approximate surface area is 134 Å². The number of nitrogens with zero attached hydrogens (tertiary/aromatic N) is 1. The fourth-order valence-corrected chi connectivity index (χ4v) is 2.63. The number of carbonyl (C=O) groups excluding carboxylic acids is 1. The van der Waals surface area contributed by atoms with E-state index in [1.54, 1.807) is 6.07 Å². The van der Waals surface area contributed by atoms with Crippen LogP contribution >= 0.6 is 0 Å². The number of hydrogen-bond acceptors (Lipinski definition) is 5. The third-order valence-electron chi connectivity index (χ3n) is 3.84. The molecule has 2 heterocycles. The van der Waals surface area contributed by atoms with Crippen molar-refractivity contribution >= 4 is 17.3 Å². The summed E-state index contributed by atoms with van der Waals surface area (Å²) in [5.74, 6) is -0.381. The molecule has 0 saturated carbocycles. The van der Waals surface area contributed by atoms with Gasteiger partial charge < -0.3 is 15.0 Å². The molecule has 1 aromatic carbocycles. The van der Waals surface area contributed by atoms with Crippen molar-refractivity contribution in [2.45, 2.75) is 13.0 Å². The lowest BCUT2D eigenvalue weighted by atomic mass is 10.1. The highest BCUT2D eigenvalue weighted by Crippen LogP contribution is 2.25. The molecule has 2 aliphatic heterocycles.